The van der Waals surface area contributed by atoms with Crippen LogP contribution in [-0.2, 0) is 0 Å². The Bertz CT molecular complexity index is 138. The van der Waals surface area contributed by atoms with E-state index in [-0.39, 0.29) is 4.70 Å². The van der Waals surface area contributed by atoms with Crippen LogP contribution >= 0.6 is 15.9 Å². The molecule has 0 aliphatic carbocycles. The Hall–Kier alpha value is -0.370. The second-order valence-electron chi connectivity index (χ2n) is 1.30. The van der Waals surface area contributed by atoms with Gasteiger partial charge in [-0.05, 0) is 12.1 Å². The molecule has 0 bridgehead atoms. The van der Waals surface area contributed by atoms with E-state index in [1.54, 1.807) is 0 Å². The third-order valence-corrected chi connectivity index (χ3v) is 1.26. The zero-order valence-corrected chi connectivity index (χ0v) is 5.73. The lowest BCUT2D eigenvalue weighted by Crippen LogP contribution is -3.00. The first-order valence-electron chi connectivity index (χ1n) is 2.10. The van der Waals surface area contributed by atoms with Gasteiger partial charge in [-0.3, -0.25) is 0 Å². The van der Waals surface area contributed by atoms with Gasteiger partial charge in [0.1, 0.15) is 0 Å². The second kappa shape index (κ2) is 3.61. The molecular formula is C6H5BrF-. The Morgan fingerprint density at radius 3 is 1.75 bits per heavy atom. The lowest BCUT2D eigenvalue weighted by atomic mass is 10.4. The SMILES string of the molecule is Brc1ccccc1.[F-]. The van der Waals surface area contributed by atoms with Crippen molar-refractivity contribution >= 4 is 15.9 Å². The molecule has 8 heavy (non-hydrogen) atoms. The van der Waals surface area contributed by atoms with Crippen LogP contribution in [0.4, 0.5) is 0 Å². The molecule has 0 saturated heterocycles. The molecule has 2 heteroatoms. The van der Waals surface area contributed by atoms with E-state index in [1.807, 2.05) is 30.3 Å². The Morgan fingerprint density at radius 2 is 1.50 bits per heavy atom. The summed E-state index contributed by atoms with van der Waals surface area (Å²) in [5, 5.41) is 0. The van der Waals surface area contributed by atoms with Crippen molar-refractivity contribution in [2.24, 2.45) is 0 Å². The van der Waals surface area contributed by atoms with Crippen LogP contribution < -0.4 is 4.70 Å². The van der Waals surface area contributed by atoms with E-state index < -0.39 is 0 Å². The van der Waals surface area contributed by atoms with Crippen molar-refractivity contribution in [1.82, 2.24) is 0 Å². The van der Waals surface area contributed by atoms with E-state index >= 15 is 0 Å². The molecular weight excluding hydrogens is 171 g/mol. The van der Waals surface area contributed by atoms with Crippen LogP contribution in [0.25, 0.3) is 0 Å². The van der Waals surface area contributed by atoms with Gasteiger partial charge in [0, 0.05) is 4.47 Å². The smallest absolute Gasteiger partial charge is 0.0175 e. The minimum Gasteiger partial charge on any atom is -1.00 e. The quantitative estimate of drug-likeness (QED) is 0.497. The summed E-state index contributed by atoms with van der Waals surface area (Å²) < 4.78 is 1.13. The van der Waals surface area contributed by atoms with Crippen molar-refractivity contribution < 1.29 is 4.70 Å². The van der Waals surface area contributed by atoms with Gasteiger partial charge in [0.25, 0.3) is 0 Å². The average Bonchev–Trinajstić information content (AvgIpc) is 1.69. The zero-order valence-electron chi connectivity index (χ0n) is 4.14. The maximum Gasteiger partial charge on any atom is 0.0175 e. The van der Waals surface area contributed by atoms with Crippen LogP contribution in [0.3, 0.4) is 0 Å². The molecule has 1 aromatic rings. The van der Waals surface area contributed by atoms with Gasteiger partial charge < -0.3 is 4.70 Å². The molecule has 0 nitrogen and oxygen atoms in total. The van der Waals surface area contributed by atoms with Gasteiger partial charge in [0.15, 0.2) is 0 Å². The lowest BCUT2D eigenvalue weighted by Gasteiger charge is -1.80. The molecule has 0 aromatic heterocycles. The van der Waals surface area contributed by atoms with Crippen LogP contribution in [0.1, 0.15) is 0 Å². The van der Waals surface area contributed by atoms with Gasteiger partial charge in [0.2, 0.25) is 0 Å². The standard InChI is InChI=1S/C6H5Br.FH/c7-6-4-2-1-3-5-6;/h1-5H;1H/p-1. The van der Waals surface area contributed by atoms with Gasteiger partial charge in [0.05, 0.1) is 0 Å². The highest BCUT2D eigenvalue weighted by Gasteiger charge is 1.74. The summed E-state index contributed by atoms with van der Waals surface area (Å²) in [7, 11) is 0. The van der Waals surface area contributed by atoms with Gasteiger partial charge in [-0.25, -0.2) is 0 Å². The summed E-state index contributed by atoms with van der Waals surface area (Å²) >= 11 is 3.31. The highest BCUT2D eigenvalue weighted by molar-refractivity contribution is 9.10. The third kappa shape index (κ3) is 2.07. The van der Waals surface area contributed by atoms with Crippen molar-refractivity contribution in [2.45, 2.75) is 0 Å². The van der Waals surface area contributed by atoms with E-state index in [1.165, 1.54) is 0 Å². The van der Waals surface area contributed by atoms with E-state index in [0.29, 0.717) is 0 Å². The summed E-state index contributed by atoms with van der Waals surface area (Å²) in [5.74, 6) is 0. The molecule has 1 aromatic carbocycles. The minimum atomic E-state index is 0. The lowest BCUT2D eigenvalue weighted by molar-refractivity contribution is -0.00000128. The van der Waals surface area contributed by atoms with Gasteiger partial charge in [-0.15, -0.1) is 0 Å². The molecule has 0 aliphatic heterocycles. The van der Waals surface area contributed by atoms with E-state index in [4.69, 9.17) is 0 Å². The maximum absolute atomic E-state index is 3.31. The summed E-state index contributed by atoms with van der Waals surface area (Å²) in [4.78, 5) is 0. The largest absolute Gasteiger partial charge is 1.00 e. The van der Waals surface area contributed by atoms with E-state index in [0.717, 1.165) is 4.47 Å². The molecule has 0 amide bonds. The molecule has 0 N–H and O–H groups in total. The number of rotatable bonds is 0. The average molecular weight is 176 g/mol. The normalized spacial score (nSPS) is 7.62. The first kappa shape index (κ1) is 7.63. The van der Waals surface area contributed by atoms with Gasteiger partial charge >= 0.3 is 0 Å². The highest BCUT2D eigenvalue weighted by Crippen LogP contribution is 2.05. The zero-order chi connectivity index (χ0) is 5.11. The fourth-order valence-electron chi connectivity index (χ4n) is 0.415. The van der Waals surface area contributed by atoms with Crippen LogP contribution in [0.5, 0.6) is 0 Å². The molecule has 1 rings (SSSR count). The summed E-state index contributed by atoms with van der Waals surface area (Å²) in [5.41, 5.74) is 0. The number of hydrogen-bond acceptors (Lipinski definition) is 0. The minimum absolute atomic E-state index is 0. The fourth-order valence-corrected chi connectivity index (χ4v) is 0.720. The fraction of sp³-hybridized carbons (Fsp3) is 0. The Kier molecular flexibility index (Phi) is 3.44. The maximum atomic E-state index is 3.31. The Morgan fingerprint density at radius 1 is 1.00 bits per heavy atom. The molecule has 0 unspecified atom stereocenters. The summed E-state index contributed by atoms with van der Waals surface area (Å²) in [6, 6.07) is 9.97. The van der Waals surface area contributed by atoms with Crippen molar-refractivity contribution in [1.29, 1.82) is 0 Å². The monoisotopic (exact) mass is 175 g/mol. The van der Waals surface area contributed by atoms with Gasteiger partial charge in [-0.1, -0.05) is 34.1 Å². The molecule has 0 heterocycles. The predicted molar refractivity (Wildman–Crippen MR) is 34.1 cm³/mol. The van der Waals surface area contributed by atoms with Crippen LogP contribution in [-0.4, -0.2) is 0 Å². The van der Waals surface area contributed by atoms with E-state index in [2.05, 4.69) is 15.9 Å². The molecule has 0 saturated carbocycles. The van der Waals surface area contributed by atoms with Crippen LogP contribution in [0.2, 0.25) is 0 Å². The molecule has 44 valence electrons. The van der Waals surface area contributed by atoms with Crippen molar-refractivity contribution in [3.63, 3.8) is 0 Å². The van der Waals surface area contributed by atoms with Crippen molar-refractivity contribution in [2.75, 3.05) is 0 Å². The molecule has 0 atom stereocenters. The number of benzene rings is 1. The van der Waals surface area contributed by atoms with Crippen molar-refractivity contribution in [3.05, 3.63) is 34.8 Å². The van der Waals surface area contributed by atoms with Crippen LogP contribution in [0, 0.1) is 0 Å². The molecule has 0 aliphatic rings. The third-order valence-electron chi connectivity index (χ3n) is 0.733. The highest BCUT2D eigenvalue weighted by atomic mass is 79.9. The number of hydrogen-bond donors (Lipinski definition) is 0. The summed E-state index contributed by atoms with van der Waals surface area (Å²) in [6.07, 6.45) is 0. The Balaban J connectivity index is 0.000000490. The second-order valence-corrected chi connectivity index (χ2v) is 2.21. The van der Waals surface area contributed by atoms with Gasteiger partial charge in [-0.2, -0.15) is 0 Å². The molecule has 0 radical (unpaired) electrons. The van der Waals surface area contributed by atoms with E-state index in [9.17, 15) is 0 Å². The van der Waals surface area contributed by atoms with Crippen LogP contribution in [0.15, 0.2) is 34.8 Å². The van der Waals surface area contributed by atoms with Crippen molar-refractivity contribution in [3.8, 4) is 0 Å². The Labute approximate surface area is 56.0 Å². The predicted octanol–water partition coefficient (Wildman–Crippen LogP) is -0.547. The number of halogens is 2. The molecule has 0 spiro atoms. The molecule has 0 fully saturated rings. The topological polar surface area (TPSA) is 0 Å². The first-order valence-corrected chi connectivity index (χ1v) is 2.89. The first-order chi connectivity index (χ1) is 3.39. The summed E-state index contributed by atoms with van der Waals surface area (Å²) in [6.45, 7) is 0.